The molecule has 4 nitrogen and oxygen atoms in total. The van der Waals surface area contributed by atoms with Gasteiger partial charge in [-0.2, -0.15) is 0 Å². The zero-order valence-corrected chi connectivity index (χ0v) is 9.07. The number of benzene rings is 1. The second-order valence-corrected chi connectivity index (χ2v) is 3.06. The van der Waals surface area contributed by atoms with Gasteiger partial charge in [0.25, 0.3) is 5.91 Å². The van der Waals surface area contributed by atoms with E-state index in [-0.39, 0.29) is 12.0 Å². The second kappa shape index (κ2) is 5.25. The monoisotopic (exact) mass is 225 g/mol. The summed E-state index contributed by atoms with van der Waals surface area (Å²) >= 11 is 0. The van der Waals surface area contributed by atoms with E-state index >= 15 is 0 Å². The molecule has 1 amide bonds. The van der Waals surface area contributed by atoms with Gasteiger partial charge in [0, 0.05) is 18.8 Å². The standard InChI is InChI=1S/C11H12FNO3/c1-3-16-10-5-4-8(6-9(10)12)13(2)11(15)7-14/h4-7H,3H2,1-2H3. The van der Waals surface area contributed by atoms with Gasteiger partial charge in [-0.1, -0.05) is 0 Å². The van der Waals surface area contributed by atoms with Crippen LogP contribution in [0.25, 0.3) is 0 Å². The number of nitrogens with zero attached hydrogens (tertiary/aromatic N) is 1. The highest BCUT2D eigenvalue weighted by Crippen LogP contribution is 2.23. The Balaban J connectivity index is 2.96. The van der Waals surface area contributed by atoms with Crippen molar-refractivity contribution in [1.29, 1.82) is 0 Å². The zero-order chi connectivity index (χ0) is 12.1. The van der Waals surface area contributed by atoms with E-state index in [0.717, 1.165) is 11.0 Å². The van der Waals surface area contributed by atoms with Gasteiger partial charge in [-0.05, 0) is 19.1 Å². The molecule has 0 radical (unpaired) electrons. The number of aldehydes is 1. The van der Waals surface area contributed by atoms with Gasteiger partial charge in [-0.3, -0.25) is 9.59 Å². The van der Waals surface area contributed by atoms with Crippen LogP contribution in [-0.2, 0) is 9.59 Å². The predicted octanol–water partition coefficient (Wildman–Crippen LogP) is 1.39. The van der Waals surface area contributed by atoms with E-state index in [9.17, 15) is 14.0 Å². The van der Waals surface area contributed by atoms with Gasteiger partial charge < -0.3 is 9.64 Å². The van der Waals surface area contributed by atoms with Crippen LogP contribution in [0.2, 0.25) is 0 Å². The molecule has 0 aliphatic rings. The average Bonchev–Trinajstić information content (AvgIpc) is 2.30. The van der Waals surface area contributed by atoms with Crippen molar-refractivity contribution in [2.24, 2.45) is 0 Å². The van der Waals surface area contributed by atoms with Crippen molar-refractivity contribution in [2.45, 2.75) is 6.92 Å². The van der Waals surface area contributed by atoms with Crippen molar-refractivity contribution in [3.8, 4) is 5.75 Å². The van der Waals surface area contributed by atoms with E-state index < -0.39 is 11.7 Å². The van der Waals surface area contributed by atoms with Crippen molar-refractivity contribution in [1.82, 2.24) is 0 Å². The van der Waals surface area contributed by atoms with E-state index in [1.165, 1.54) is 19.2 Å². The first kappa shape index (κ1) is 12.2. The molecule has 0 aliphatic heterocycles. The van der Waals surface area contributed by atoms with Crippen LogP contribution in [0.3, 0.4) is 0 Å². The molecule has 86 valence electrons. The summed E-state index contributed by atoms with van der Waals surface area (Å²) in [7, 11) is 1.39. The molecule has 0 bridgehead atoms. The first-order valence-electron chi connectivity index (χ1n) is 4.75. The number of hydrogen-bond donors (Lipinski definition) is 0. The maximum Gasteiger partial charge on any atom is 0.290 e. The van der Waals surface area contributed by atoms with Crippen LogP contribution in [0.15, 0.2) is 18.2 Å². The normalized spacial score (nSPS) is 9.69. The third-order valence-electron chi connectivity index (χ3n) is 2.03. The van der Waals surface area contributed by atoms with Crippen LogP contribution >= 0.6 is 0 Å². The number of carbonyl (C=O) groups excluding carboxylic acids is 2. The molecule has 16 heavy (non-hydrogen) atoms. The van der Waals surface area contributed by atoms with E-state index in [0.29, 0.717) is 12.3 Å². The third kappa shape index (κ3) is 2.56. The van der Waals surface area contributed by atoms with Crippen LogP contribution < -0.4 is 9.64 Å². The lowest BCUT2D eigenvalue weighted by molar-refractivity contribution is -0.129. The molecular formula is C11H12FNO3. The Hall–Kier alpha value is -1.91. The van der Waals surface area contributed by atoms with Crippen molar-refractivity contribution in [3.05, 3.63) is 24.0 Å². The van der Waals surface area contributed by atoms with Crippen LogP contribution in [0.4, 0.5) is 10.1 Å². The fraction of sp³-hybridized carbons (Fsp3) is 0.273. The number of anilines is 1. The molecule has 1 aromatic rings. The quantitative estimate of drug-likeness (QED) is 0.574. The smallest absolute Gasteiger partial charge is 0.290 e. The fourth-order valence-electron chi connectivity index (χ4n) is 1.18. The lowest BCUT2D eigenvalue weighted by atomic mass is 10.2. The number of rotatable bonds is 4. The van der Waals surface area contributed by atoms with Gasteiger partial charge in [0.1, 0.15) is 0 Å². The number of ether oxygens (including phenoxy) is 1. The number of halogens is 1. The van der Waals surface area contributed by atoms with Crippen molar-refractivity contribution in [2.75, 3.05) is 18.6 Å². The Morgan fingerprint density at radius 1 is 1.56 bits per heavy atom. The van der Waals surface area contributed by atoms with Gasteiger partial charge >= 0.3 is 0 Å². The average molecular weight is 225 g/mol. The van der Waals surface area contributed by atoms with Gasteiger partial charge in [-0.15, -0.1) is 0 Å². The largest absolute Gasteiger partial charge is 0.491 e. The van der Waals surface area contributed by atoms with Crippen molar-refractivity contribution >= 4 is 17.9 Å². The lowest BCUT2D eigenvalue weighted by Crippen LogP contribution is -2.26. The number of likely N-dealkylation sites (N-methyl/N-ethyl adjacent to an activating group) is 1. The molecule has 0 aromatic heterocycles. The van der Waals surface area contributed by atoms with Crippen LogP contribution in [-0.4, -0.2) is 25.8 Å². The Morgan fingerprint density at radius 2 is 2.25 bits per heavy atom. The Bertz CT molecular complexity index is 406. The van der Waals surface area contributed by atoms with E-state index in [1.54, 1.807) is 6.92 Å². The van der Waals surface area contributed by atoms with Crippen LogP contribution in [0, 0.1) is 5.82 Å². The van der Waals surface area contributed by atoms with Gasteiger partial charge in [0.15, 0.2) is 11.6 Å². The molecule has 0 fully saturated rings. The highest BCUT2D eigenvalue weighted by atomic mass is 19.1. The summed E-state index contributed by atoms with van der Waals surface area (Å²) in [5.74, 6) is -1.17. The summed E-state index contributed by atoms with van der Waals surface area (Å²) in [5, 5.41) is 0. The van der Waals surface area contributed by atoms with Crippen LogP contribution in [0.5, 0.6) is 5.75 Å². The maximum absolute atomic E-state index is 13.4. The predicted molar refractivity (Wildman–Crippen MR) is 57.0 cm³/mol. The minimum absolute atomic E-state index is 0.123. The summed E-state index contributed by atoms with van der Waals surface area (Å²) in [4.78, 5) is 22.4. The van der Waals surface area contributed by atoms with E-state index in [2.05, 4.69) is 0 Å². The molecule has 0 saturated heterocycles. The Morgan fingerprint density at radius 3 is 2.75 bits per heavy atom. The molecule has 0 unspecified atom stereocenters. The highest BCUT2D eigenvalue weighted by molar-refractivity contribution is 6.30. The number of hydrogen-bond acceptors (Lipinski definition) is 3. The molecular weight excluding hydrogens is 213 g/mol. The van der Waals surface area contributed by atoms with Gasteiger partial charge in [0.05, 0.1) is 6.61 Å². The second-order valence-electron chi connectivity index (χ2n) is 3.06. The molecule has 1 rings (SSSR count). The first-order chi connectivity index (χ1) is 7.60. The lowest BCUT2D eigenvalue weighted by Gasteiger charge is -2.15. The summed E-state index contributed by atoms with van der Waals surface area (Å²) in [6, 6.07) is 4.07. The Kier molecular flexibility index (Phi) is 3.99. The molecule has 0 aliphatic carbocycles. The third-order valence-corrected chi connectivity index (χ3v) is 2.03. The SMILES string of the molecule is CCOc1ccc(N(C)C(=O)C=O)cc1F. The van der Waals surface area contributed by atoms with Gasteiger partial charge in [-0.25, -0.2) is 4.39 Å². The summed E-state index contributed by atoms with van der Waals surface area (Å²) in [6.07, 6.45) is 0.175. The highest BCUT2D eigenvalue weighted by Gasteiger charge is 2.12. The number of amides is 1. The van der Waals surface area contributed by atoms with E-state index in [4.69, 9.17) is 4.74 Å². The summed E-state index contributed by atoms with van der Waals surface area (Å²) in [6.45, 7) is 2.11. The molecule has 1 aromatic carbocycles. The topological polar surface area (TPSA) is 46.6 Å². The Labute approximate surface area is 92.6 Å². The first-order valence-corrected chi connectivity index (χ1v) is 4.75. The fourth-order valence-corrected chi connectivity index (χ4v) is 1.18. The summed E-state index contributed by atoms with van der Waals surface area (Å²) < 4.78 is 18.4. The zero-order valence-electron chi connectivity index (χ0n) is 9.07. The molecule has 0 N–H and O–H groups in total. The molecule has 0 heterocycles. The van der Waals surface area contributed by atoms with Crippen molar-refractivity contribution in [3.63, 3.8) is 0 Å². The molecule has 0 atom stereocenters. The van der Waals surface area contributed by atoms with Crippen molar-refractivity contribution < 1.29 is 18.7 Å². The minimum Gasteiger partial charge on any atom is -0.491 e. The summed E-state index contributed by atoms with van der Waals surface area (Å²) in [5.41, 5.74) is 0.304. The maximum atomic E-state index is 13.4. The molecule has 0 spiro atoms. The number of carbonyl (C=O) groups is 2. The minimum atomic E-state index is -0.733. The van der Waals surface area contributed by atoms with Crippen LogP contribution in [0.1, 0.15) is 6.92 Å². The van der Waals surface area contributed by atoms with E-state index in [1.807, 2.05) is 0 Å². The molecule has 5 heteroatoms. The molecule has 0 saturated carbocycles. The van der Waals surface area contributed by atoms with Gasteiger partial charge in [0.2, 0.25) is 6.29 Å².